The van der Waals surface area contributed by atoms with Crippen molar-refractivity contribution >= 4 is 52.4 Å². The molecule has 0 aliphatic carbocycles. The topological polar surface area (TPSA) is 61.4 Å². The summed E-state index contributed by atoms with van der Waals surface area (Å²) in [6.07, 6.45) is 0.802. The van der Waals surface area contributed by atoms with Crippen LogP contribution in [-0.2, 0) is 13.0 Å². The largest absolute Gasteiger partial charge is 0.497 e. The summed E-state index contributed by atoms with van der Waals surface area (Å²) in [6.45, 7) is 1.41. The summed E-state index contributed by atoms with van der Waals surface area (Å²) in [7, 11) is 3.40. The van der Waals surface area contributed by atoms with Crippen molar-refractivity contribution in [3.63, 3.8) is 0 Å². The maximum Gasteiger partial charge on any atom is 0.191 e. The quantitative estimate of drug-likeness (QED) is 0.269. The van der Waals surface area contributed by atoms with Crippen molar-refractivity contribution in [1.29, 1.82) is 0 Å². The summed E-state index contributed by atoms with van der Waals surface area (Å²) in [6, 6.07) is 16.1. The zero-order valence-corrected chi connectivity index (χ0v) is 18.5. The van der Waals surface area contributed by atoms with Crippen LogP contribution in [-0.4, -0.2) is 31.6 Å². The normalized spacial score (nSPS) is 11.1. The highest BCUT2D eigenvalue weighted by molar-refractivity contribution is 14.0. The number of ether oxygens (including phenoxy) is 1. The van der Waals surface area contributed by atoms with E-state index in [1.165, 1.54) is 5.39 Å². The number of nitrogens with zero attached hydrogens (tertiary/aromatic N) is 1. The number of guanidine groups is 1. The first-order valence-electron chi connectivity index (χ1n) is 8.53. The first kappa shape index (κ1) is 21.4. The van der Waals surface area contributed by atoms with E-state index in [9.17, 15) is 0 Å². The number of hydrogen-bond donors (Lipinski definition) is 3. The molecule has 0 aliphatic heterocycles. The molecule has 5 nitrogen and oxygen atoms in total. The Balaban J connectivity index is 0.00000261. The molecule has 0 aliphatic rings. The van der Waals surface area contributed by atoms with Crippen LogP contribution in [0.4, 0.5) is 0 Å². The van der Waals surface area contributed by atoms with Gasteiger partial charge in [-0.2, -0.15) is 0 Å². The fraction of sp³-hybridized carbons (Fsp3) is 0.250. The molecule has 0 saturated heterocycles. The molecule has 1 aromatic heterocycles. The molecule has 0 saturated carbocycles. The van der Waals surface area contributed by atoms with Gasteiger partial charge in [0.25, 0.3) is 0 Å². The Kier molecular flexibility index (Phi) is 8.24. The van der Waals surface area contributed by atoms with Gasteiger partial charge in [0, 0.05) is 29.8 Å². The number of H-pyrrole nitrogens is 1. The molecular weight excluding hydrogens is 475 g/mol. The van der Waals surface area contributed by atoms with Crippen molar-refractivity contribution in [2.45, 2.75) is 13.0 Å². The minimum absolute atomic E-state index is 0. The zero-order valence-electron chi connectivity index (χ0n) is 15.4. The maximum atomic E-state index is 6.28. The number of aromatic nitrogens is 1. The number of nitrogens with one attached hydrogen (secondary N) is 3. The molecule has 0 amide bonds. The third kappa shape index (κ3) is 5.77. The smallest absolute Gasteiger partial charge is 0.191 e. The number of para-hydroxylation sites is 1. The molecule has 0 radical (unpaired) electrons. The average Bonchev–Trinajstić information content (AvgIpc) is 3.08. The first-order chi connectivity index (χ1) is 12.7. The van der Waals surface area contributed by atoms with Gasteiger partial charge in [-0.25, -0.2) is 0 Å². The summed E-state index contributed by atoms with van der Waals surface area (Å²) in [5.74, 6) is 1.52. The molecule has 3 aromatic rings. The van der Waals surface area contributed by atoms with Crippen molar-refractivity contribution < 1.29 is 4.74 Å². The SMILES string of the molecule is CN=C(NCCc1ccc(OC)cc1Cl)NCc1cc2ccccc2[nH]1.I. The minimum Gasteiger partial charge on any atom is -0.497 e. The molecule has 7 heteroatoms. The second kappa shape index (κ2) is 10.4. The Morgan fingerprint density at radius 1 is 1.15 bits per heavy atom. The number of halogens is 2. The number of fused-ring (bicyclic) bond motifs is 1. The fourth-order valence-corrected chi connectivity index (χ4v) is 3.07. The molecule has 144 valence electrons. The molecule has 0 atom stereocenters. The molecule has 0 unspecified atom stereocenters. The molecular formula is C20H24ClIN4O. The molecule has 0 fully saturated rings. The van der Waals surface area contributed by atoms with Gasteiger partial charge in [-0.05, 0) is 41.6 Å². The Hall–Kier alpha value is -1.93. The second-order valence-electron chi connectivity index (χ2n) is 5.94. The maximum absolute atomic E-state index is 6.28. The van der Waals surface area contributed by atoms with E-state index in [1.54, 1.807) is 14.2 Å². The monoisotopic (exact) mass is 498 g/mol. The predicted molar refractivity (Wildman–Crippen MR) is 124 cm³/mol. The Morgan fingerprint density at radius 3 is 2.67 bits per heavy atom. The van der Waals surface area contributed by atoms with Crippen molar-refractivity contribution in [3.8, 4) is 5.75 Å². The third-order valence-electron chi connectivity index (χ3n) is 4.20. The van der Waals surface area contributed by atoms with Gasteiger partial charge >= 0.3 is 0 Å². The van der Waals surface area contributed by atoms with Crippen LogP contribution in [0.2, 0.25) is 5.02 Å². The van der Waals surface area contributed by atoms with Gasteiger partial charge in [0.1, 0.15) is 5.75 Å². The third-order valence-corrected chi connectivity index (χ3v) is 4.55. The van der Waals surface area contributed by atoms with Gasteiger partial charge in [-0.1, -0.05) is 35.9 Å². The molecule has 0 bridgehead atoms. The summed E-state index contributed by atoms with van der Waals surface area (Å²) in [5.41, 5.74) is 3.33. The first-order valence-corrected chi connectivity index (χ1v) is 8.91. The molecule has 2 aromatic carbocycles. The van der Waals surface area contributed by atoms with Crippen LogP contribution in [0.3, 0.4) is 0 Å². The summed E-state index contributed by atoms with van der Waals surface area (Å²) in [5, 5.41) is 8.56. The van der Waals surface area contributed by atoms with E-state index < -0.39 is 0 Å². The highest BCUT2D eigenvalue weighted by atomic mass is 127. The van der Waals surface area contributed by atoms with Crippen molar-refractivity contribution in [3.05, 3.63) is 64.8 Å². The predicted octanol–water partition coefficient (Wildman–Crippen LogP) is 4.36. The number of benzene rings is 2. The van der Waals surface area contributed by atoms with Crippen LogP contribution in [0, 0.1) is 0 Å². The molecule has 27 heavy (non-hydrogen) atoms. The van der Waals surface area contributed by atoms with Crippen molar-refractivity contribution in [1.82, 2.24) is 15.6 Å². The zero-order chi connectivity index (χ0) is 18.4. The van der Waals surface area contributed by atoms with E-state index in [-0.39, 0.29) is 24.0 Å². The Bertz CT molecular complexity index is 877. The van der Waals surface area contributed by atoms with Crippen LogP contribution in [0.1, 0.15) is 11.3 Å². The lowest BCUT2D eigenvalue weighted by atomic mass is 10.1. The number of aromatic amines is 1. The molecule has 3 rings (SSSR count). The lowest BCUT2D eigenvalue weighted by molar-refractivity contribution is 0.414. The van der Waals surface area contributed by atoms with Gasteiger partial charge in [0.15, 0.2) is 5.96 Å². The highest BCUT2D eigenvalue weighted by Crippen LogP contribution is 2.22. The van der Waals surface area contributed by atoms with E-state index in [2.05, 4.69) is 38.8 Å². The van der Waals surface area contributed by atoms with Gasteiger partial charge in [0.2, 0.25) is 0 Å². The fourth-order valence-electron chi connectivity index (χ4n) is 2.80. The van der Waals surface area contributed by atoms with Crippen LogP contribution >= 0.6 is 35.6 Å². The average molecular weight is 499 g/mol. The molecule has 0 spiro atoms. The van der Waals surface area contributed by atoms with E-state index in [1.807, 2.05) is 30.3 Å². The van der Waals surface area contributed by atoms with Crippen LogP contribution < -0.4 is 15.4 Å². The number of methoxy groups -OCH3 is 1. The van der Waals surface area contributed by atoms with Crippen LogP contribution in [0.5, 0.6) is 5.75 Å². The minimum atomic E-state index is 0. The standard InChI is InChI=1S/C20H23ClN4O.HI/c1-22-20(23-10-9-14-7-8-17(26-2)12-18(14)21)24-13-16-11-15-5-3-4-6-19(15)25-16;/h3-8,11-12,25H,9-10,13H2,1-2H3,(H2,22,23,24);1H. The summed E-state index contributed by atoms with van der Waals surface area (Å²) >= 11 is 6.28. The lowest BCUT2D eigenvalue weighted by Gasteiger charge is -2.12. The van der Waals surface area contributed by atoms with Crippen LogP contribution in [0.25, 0.3) is 10.9 Å². The molecule has 3 N–H and O–H groups in total. The van der Waals surface area contributed by atoms with Gasteiger partial charge in [-0.3, -0.25) is 4.99 Å². The van der Waals surface area contributed by atoms with Crippen molar-refractivity contribution in [2.75, 3.05) is 20.7 Å². The highest BCUT2D eigenvalue weighted by Gasteiger charge is 2.05. The number of rotatable bonds is 6. The van der Waals surface area contributed by atoms with Crippen LogP contribution in [0.15, 0.2) is 53.5 Å². The van der Waals surface area contributed by atoms with E-state index in [0.29, 0.717) is 11.6 Å². The summed E-state index contributed by atoms with van der Waals surface area (Å²) < 4.78 is 5.17. The molecule has 1 heterocycles. The second-order valence-corrected chi connectivity index (χ2v) is 6.35. The number of aliphatic imine (C=N–C) groups is 1. The van der Waals surface area contributed by atoms with E-state index in [4.69, 9.17) is 16.3 Å². The Morgan fingerprint density at radius 2 is 1.96 bits per heavy atom. The van der Waals surface area contributed by atoms with Gasteiger partial charge in [0.05, 0.1) is 13.7 Å². The van der Waals surface area contributed by atoms with Crippen molar-refractivity contribution in [2.24, 2.45) is 4.99 Å². The van der Waals surface area contributed by atoms with Gasteiger partial charge < -0.3 is 20.4 Å². The van der Waals surface area contributed by atoms with E-state index >= 15 is 0 Å². The lowest BCUT2D eigenvalue weighted by Crippen LogP contribution is -2.37. The summed E-state index contributed by atoms with van der Waals surface area (Å²) in [4.78, 5) is 7.67. The number of hydrogen-bond acceptors (Lipinski definition) is 2. The van der Waals surface area contributed by atoms with Gasteiger partial charge in [-0.15, -0.1) is 24.0 Å². The Labute approximate surface area is 181 Å². The van der Waals surface area contributed by atoms with E-state index in [0.717, 1.165) is 41.4 Å².